The smallest absolute Gasteiger partial charge is 0.237 e. The van der Waals surface area contributed by atoms with Gasteiger partial charge in [0.05, 0.1) is 10.4 Å². The number of nitrogens with two attached hydrogens (primary N) is 1. The molecule has 0 spiro atoms. The summed E-state index contributed by atoms with van der Waals surface area (Å²) in [7, 11) is 0. The molecule has 0 radical (unpaired) electrons. The fourth-order valence-corrected chi connectivity index (χ4v) is 3.33. The molecule has 21 heavy (non-hydrogen) atoms. The van der Waals surface area contributed by atoms with Crippen molar-refractivity contribution in [3.05, 3.63) is 36.7 Å². The number of aromatic nitrogens is 1. The normalized spacial score (nSPS) is 16.8. The number of thiocarbonyl (C=S) groups is 1. The number of nitrogens with zero attached hydrogens (tertiary/aromatic N) is 1. The molecule has 0 unspecified atom stereocenters. The maximum Gasteiger partial charge on any atom is 0.237 e. The van der Waals surface area contributed by atoms with E-state index in [4.69, 9.17) is 18.0 Å². The zero-order chi connectivity index (χ0) is 14.9. The first-order valence-electron chi connectivity index (χ1n) is 7.08. The van der Waals surface area contributed by atoms with Crippen LogP contribution in [-0.4, -0.2) is 15.9 Å². The van der Waals surface area contributed by atoms with E-state index in [0.717, 1.165) is 42.1 Å². The zero-order valence-electron chi connectivity index (χ0n) is 11.6. The van der Waals surface area contributed by atoms with Crippen molar-refractivity contribution in [1.29, 1.82) is 0 Å². The highest BCUT2D eigenvalue weighted by Gasteiger charge is 2.44. The van der Waals surface area contributed by atoms with Gasteiger partial charge in [-0.3, -0.25) is 9.78 Å². The fraction of sp³-hybridized carbons (Fsp3) is 0.312. The van der Waals surface area contributed by atoms with Crippen molar-refractivity contribution in [3.63, 3.8) is 0 Å². The molecular weight excluding hydrogens is 282 g/mol. The van der Waals surface area contributed by atoms with E-state index in [-0.39, 0.29) is 5.91 Å². The average Bonchev–Trinajstić information content (AvgIpc) is 2.98. The molecule has 1 aliphatic carbocycles. The SMILES string of the molecule is NC(=S)C1(C(=O)Nc2cccc3cnccc23)CCCC1. The second-order valence-electron chi connectivity index (χ2n) is 5.51. The van der Waals surface area contributed by atoms with Crippen molar-refractivity contribution in [2.75, 3.05) is 5.32 Å². The molecule has 0 bridgehead atoms. The Labute approximate surface area is 128 Å². The van der Waals surface area contributed by atoms with Gasteiger partial charge >= 0.3 is 0 Å². The molecule has 3 N–H and O–H groups in total. The maximum absolute atomic E-state index is 12.7. The molecule has 1 heterocycles. The molecule has 0 atom stereocenters. The van der Waals surface area contributed by atoms with Crippen LogP contribution >= 0.6 is 12.2 Å². The predicted molar refractivity (Wildman–Crippen MR) is 88.1 cm³/mol. The lowest BCUT2D eigenvalue weighted by Crippen LogP contribution is -2.43. The van der Waals surface area contributed by atoms with Gasteiger partial charge in [-0.25, -0.2) is 0 Å². The van der Waals surface area contributed by atoms with Crippen LogP contribution in [0.1, 0.15) is 25.7 Å². The Hall–Kier alpha value is -2.01. The van der Waals surface area contributed by atoms with Gasteiger partial charge in [0.2, 0.25) is 5.91 Å². The van der Waals surface area contributed by atoms with Gasteiger partial charge in [0, 0.05) is 28.9 Å². The highest BCUT2D eigenvalue weighted by Crippen LogP contribution is 2.40. The molecule has 4 nitrogen and oxygen atoms in total. The van der Waals surface area contributed by atoms with Gasteiger partial charge in [-0.05, 0) is 25.0 Å². The van der Waals surface area contributed by atoms with Gasteiger partial charge < -0.3 is 11.1 Å². The van der Waals surface area contributed by atoms with Crippen LogP contribution in [-0.2, 0) is 4.79 Å². The number of carbonyl (C=O) groups is 1. The fourth-order valence-electron chi connectivity index (χ4n) is 3.04. The van der Waals surface area contributed by atoms with E-state index in [1.807, 2.05) is 24.3 Å². The average molecular weight is 299 g/mol. The van der Waals surface area contributed by atoms with Crippen molar-refractivity contribution in [1.82, 2.24) is 4.98 Å². The second-order valence-corrected chi connectivity index (χ2v) is 5.95. The van der Waals surface area contributed by atoms with Crippen LogP contribution in [0.3, 0.4) is 0 Å². The Morgan fingerprint density at radius 2 is 2.05 bits per heavy atom. The molecule has 1 aromatic heterocycles. The van der Waals surface area contributed by atoms with Crippen LogP contribution in [0.2, 0.25) is 0 Å². The first kappa shape index (κ1) is 13.9. The third kappa shape index (κ3) is 2.38. The van der Waals surface area contributed by atoms with E-state index in [2.05, 4.69) is 10.3 Å². The van der Waals surface area contributed by atoms with E-state index in [1.165, 1.54) is 0 Å². The molecule has 3 rings (SSSR count). The highest BCUT2D eigenvalue weighted by molar-refractivity contribution is 7.80. The monoisotopic (exact) mass is 299 g/mol. The van der Waals surface area contributed by atoms with Crippen molar-refractivity contribution in [2.45, 2.75) is 25.7 Å². The quantitative estimate of drug-likeness (QED) is 0.855. The van der Waals surface area contributed by atoms with Crippen LogP contribution in [0.25, 0.3) is 10.8 Å². The summed E-state index contributed by atoms with van der Waals surface area (Å²) in [6, 6.07) is 7.66. The number of nitrogens with one attached hydrogen (secondary N) is 1. The molecule has 1 aliphatic rings. The first-order chi connectivity index (χ1) is 10.1. The summed E-state index contributed by atoms with van der Waals surface area (Å²) in [4.78, 5) is 17.1. The molecule has 5 heteroatoms. The summed E-state index contributed by atoms with van der Waals surface area (Å²) in [6.07, 6.45) is 6.95. The first-order valence-corrected chi connectivity index (χ1v) is 7.48. The molecule has 108 valence electrons. The van der Waals surface area contributed by atoms with Gasteiger partial charge in [-0.15, -0.1) is 0 Å². The number of rotatable bonds is 3. The van der Waals surface area contributed by atoms with Crippen LogP contribution in [0.15, 0.2) is 36.7 Å². The number of amides is 1. The third-order valence-electron chi connectivity index (χ3n) is 4.29. The molecule has 1 aromatic carbocycles. The Balaban J connectivity index is 1.95. The van der Waals surface area contributed by atoms with Crippen molar-refractivity contribution in [2.24, 2.45) is 11.1 Å². The number of benzene rings is 1. The number of carbonyl (C=O) groups excluding carboxylic acids is 1. The number of anilines is 1. The van der Waals surface area contributed by atoms with E-state index in [0.29, 0.717) is 4.99 Å². The molecule has 0 saturated heterocycles. The summed E-state index contributed by atoms with van der Waals surface area (Å²) >= 11 is 5.16. The van der Waals surface area contributed by atoms with Crippen LogP contribution in [0.4, 0.5) is 5.69 Å². The number of hydrogen-bond donors (Lipinski definition) is 2. The molecule has 1 amide bonds. The van der Waals surface area contributed by atoms with Crippen LogP contribution < -0.4 is 11.1 Å². The van der Waals surface area contributed by atoms with Gasteiger partial charge in [-0.1, -0.05) is 37.2 Å². The minimum atomic E-state index is -0.690. The Morgan fingerprint density at radius 3 is 2.76 bits per heavy atom. The highest BCUT2D eigenvalue weighted by atomic mass is 32.1. The Kier molecular flexibility index (Phi) is 3.59. The number of fused-ring (bicyclic) bond motifs is 1. The zero-order valence-corrected chi connectivity index (χ0v) is 12.5. The number of hydrogen-bond acceptors (Lipinski definition) is 3. The second kappa shape index (κ2) is 5.41. The van der Waals surface area contributed by atoms with Crippen LogP contribution in [0, 0.1) is 5.41 Å². The standard InChI is InChI=1S/C16H17N3OS/c17-14(21)16(7-1-2-8-16)15(20)19-13-5-3-4-11-10-18-9-6-12(11)13/h3-6,9-10H,1-2,7-8H2,(H2,17,21)(H,19,20). The molecule has 0 aliphatic heterocycles. The van der Waals surface area contributed by atoms with Gasteiger partial charge in [-0.2, -0.15) is 0 Å². The third-order valence-corrected chi connectivity index (χ3v) is 4.68. The van der Waals surface area contributed by atoms with Crippen molar-refractivity contribution < 1.29 is 4.79 Å². The summed E-state index contributed by atoms with van der Waals surface area (Å²) in [6.45, 7) is 0. The summed E-state index contributed by atoms with van der Waals surface area (Å²) < 4.78 is 0. The maximum atomic E-state index is 12.7. The minimum absolute atomic E-state index is 0.0863. The Morgan fingerprint density at radius 1 is 1.29 bits per heavy atom. The van der Waals surface area contributed by atoms with Crippen molar-refractivity contribution >= 4 is 39.6 Å². The van der Waals surface area contributed by atoms with E-state index in [9.17, 15) is 4.79 Å². The predicted octanol–water partition coefficient (Wildman–Crippen LogP) is 3.02. The van der Waals surface area contributed by atoms with E-state index in [1.54, 1.807) is 12.4 Å². The molecule has 2 aromatic rings. The van der Waals surface area contributed by atoms with Gasteiger partial charge in [0.25, 0.3) is 0 Å². The van der Waals surface area contributed by atoms with Crippen LogP contribution in [0.5, 0.6) is 0 Å². The van der Waals surface area contributed by atoms with Gasteiger partial charge in [0.15, 0.2) is 0 Å². The van der Waals surface area contributed by atoms with E-state index < -0.39 is 5.41 Å². The Bertz CT molecular complexity index is 702. The number of pyridine rings is 1. The van der Waals surface area contributed by atoms with Gasteiger partial charge in [0.1, 0.15) is 0 Å². The van der Waals surface area contributed by atoms with Crippen molar-refractivity contribution in [3.8, 4) is 0 Å². The molecular formula is C16H17N3OS. The van der Waals surface area contributed by atoms with E-state index >= 15 is 0 Å². The largest absolute Gasteiger partial charge is 0.392 e. The summed E-state index contributed by atoms with van der Waals surface area (Å²) in [5.41, 5.74) is 5.95. The summed E-state index contributed by atoms with van der Waals surface area (Å²) in [5.74, 6) is -0.0863. The topological polar surface area (TPSA) is 68.0 Å². The lowest BCUT2D eigenvalue weighted by Gasteiger charge is -2.26. The summed E-state index contributed by atoms with van der Waals surface area (Å²) in [5, 5.41) is 4.98. The molecule has 1 saturated carbocycles. The lowest BCUT2D eigenvalue weighted by atomic mass is 9.85. The minimum Gasteiger partial charge on any atom is -0.392 e. The lowest BCUT2D eigenvalue weighted by molar-refractivity contribution is -0.122. The molecule has 1 fully saturated rings.